The average Bonchev–Trinajstić information content (AvgIpc) is 3.28. The Labute approximate surface area is 239 Å². The molecule has 3 aromatic rings. The quantitative estimate of drug-likeness (QED) is 0.350. The minimum atomic E-state index is -0.452. The van der Waals surface area contributed by atoms with Crippen LogP contribution in [-0.2, 0) is 14.9 Å². The number of fused-ring (bicyclic) bond motifs is 1. The molecule has 39 heavy (non-hydrogen) atoms. The molecule has 2 aliphatic rings. The van der Waals surface area contributed by atoms with Gasteiger partial charge < -0.3 is 24.8 Å². The van der Waals surface area contributed by atoms with E-state index in [4.69, 9.17) is 32.9 Å². The van der Waals surface area contributed by atoms with Crippen molar-refractivity contribution < 1.29 is 9.53 Å². The zero-order chi connectivity index (χ0) is 27.7. The number of anilines is 3. The molecule has 2 fully saturated rings. The van der Waals surface area contributed by atoms with Gasteiger partial charge in [0.1, 0.15) is 5.52 Å². The van der Waals surface area contributed by atoms with E-state index in [1.165, 1.54) is 6.92 Å². The molecule has 0 saturated carbocycles. The fourth-order valence-electron chi connectivity index (χ4n) is 5.75. The van der Waals surface area contributed by atoms with Gasteiger partial charge in [-0.15, -0.1) is 0 Å². The highest BCUT2D eigenvalue weighted by molar-refractivity contribution is 6.45. The lowest BCUT2D eigenvalue weighted by Gasteiger charge is -2.36. The summed E-state index contributed by atoms with van der Waals surface area (Å²) in [5, 5.41) is 16.9. The first-order valence-electron chi connectivity index (χ1n) is 13.5. The summed E-state index contributed by atoms with van der Waals surface area (Å²) >= 11 is 13.0. The normalized spacial score (nSPS) is 17.8. The first-order valence-corrected chi connectivity index (χ1v) is 14.3. The molecule has 0 radical (unpaired) electrons. The molecule has 1 aromatic heterocycles. The van der Waals surface area contributed by atoms with E-state index in [1.54, 1.807) is 0 Å². The Morgan fingerprint density at radius 3 is 2.44 bits per heavy atom. The van der Waals surface area contributed by atoms with Gasteiger partial charge in [0.05, 0.1) is 32.7 Å². The number of rotatable bonds is 6. The van der Waals surface area contributed by atoms with Crippen LogP contribution in [0.5, 0.6) is 0 Å². The second kappa shape index (κ2) is 11.2. The van der Waals surface area contributed by atoms with Gasteiger partial charge in [-0.1, -0.05) is 35.3 Å². The molecule has 3 heterocycles. The van der Waals surface area contributed by atoms with Crippen LogP contribution in [0.3, 0.4) is 0 Å². The number of halogens is 2. The molecular formula is C29H34Cl2N6O2. The minimum Gasteiger partial charge on any atom is -0.381 e. The molecular weight excluding hydrogens is 535 g/mol. The van der Waals surface area contributed by atoms with E-state index in [1.807, 2.05) is 6.07 Å². The van der Waals surface area contributed by atoms with Crippen molar-refractivity contribution in [2.75, 3.05) is 41.8 Å². The smallest absolute Gasteiger partial charge is 0.221 e. The van der Waals surface area contributed by atoms with Gasteiger partial charge in [0, 0.05) is 51.0 Å². The van der Waals surface area contributed by atoms with Crippen LogP contribution >= 0.6 is 23.2 Å². The maximum Gasteiger partial charge on any atom is 0.221 e. The Bertz CT molecular complexity index is 1400. The summed E-state index contributed by atoms with van der Waals surface area (Å²) in [5.41, 5.74) is 3.70. The van der Waals surface area contributed by atoms with Crippen molar-refractivity contribution in [2.45, 2.75) is 64.0 Å². The van der Waals surface area contributed by atoms with E-state index in [0.717, 1.165) is 61.5 Å². The van der Waals surface area contributed by atoms with Crippen LogP contribution in [0, 0.1) is 11.3 Å². The number of ether oxygens (including phenoxy) is 1. The highest BCUT2D eigenvalue weighted by Crippen LogP contribution is 2.41. The number of hydrogen-bond donors (Lipinski definition) is 2. The van der Waals surface area contributed by atoms with Gasteiger partial charge in [0.2, 0.25) is 11.9 Å². The average molecular weight is 570 g/mol. The number of piperidine rings is 1. The molecule has 10 heteroatoms. The third kappa shape index (κ3) is 5.41. The fraction of sp³-hybridized carbons (Fsp3) is 0.483. The highest BCUT2D eigenvalue weighted by Gasteiger charge is 2.35. The lowest BCUT2D eigenvalue weighted by Crippen LogP contribution is -2.35. The fourth-order valence-corrected chi connectivity index (χ4v) is 6.14. The molecule has 1 amide bonds. The van der Waals surface area contributed by atoms with Gasteiger partial charge in [-0.05, 0) is 63.3 Å². The number of imidazole rings is 1. The molecule has 2 N–H and O–H groups in total. The summed E-state index contributed by atoms with van der Waals surface area (Å²) in [4.78, 5) is 19.2. The standard InChI is InChI=1S/C29H34Cl2N6O2/c1-18(2)33-28-35-26-24(16-23(30)25(31)27(26)34-19(3)38)37(28)22-8-12-36(13-9-22)21-6-4-20(5-7-21)29(17-32)10-14-39-15-11-29/h4-7,16,18,22H,8-15H2,1-3H3,(H,33,35)(H,34,38). The van der Waals surface area contributed by atoms with Gasteiger partial charge in [-0.25, -0.2) is 4.98 Å². The molecule has 8 nitrogen and oxygen atoms in total. The van der Waals surface area contributed by atoms with Crippen molar-refractivity contribution in [1.29, 1.82) is 5.26 Å². The number of hydrogen-bond acceptors (Lipinski definition) is 6. The molecule has 2 aliphatic heterocycles. The van der Waals surface area contributed by atoms with Gasteiger partial charge in [-0.3, -0.25) is 4.79 Å². The van der Waals surface area contributed by atoms with E-state index in [9.17, 15) is 10.1 Å². The zero-order valence-electron chi connectivity index (χ0n) is 22.6. The number of benzene rings is 2. The van der Waals surface area contributed by atoms with E-state index in [2.05, 4.69) is 64.3 Å². The van der Waals surface area contributed by atoms with Gasteiger partial charge in [-0.2, -0.15) is 5.26 Å². The van der Waals surface area contributed by atoms with E-state index in [0.29, 0.717) is 29.4 Å². The van der Waals surface area contributed by atoms with Crippen molar-refractivity contribution in [2.24, 2.45) is 0 Å². The van der Waals surface area contributed by atoms with E-state index < -0.39 is 5.41 Å². The van der Waals surface area contributed by atoms with Gasteiger partial charge >= 0.3 is 0 Å². The van der Waals surface area contributed by atoms with Crippen molar-refractivity contribution >= 4 is 57.5 Å². The monoisotopic (exact) mass is 568 g/mol. The summed E-state index contributed by atoms with van der Waals surface area (Å²) in [7, 11) is 0. The summed E-state index contributed by atoms with van der Waals surface area (Å²) in [6, 6.07) is 13.3. The largest absolute Gasteiger partial charge is 0.381 e. The third-order valence-corrected chi connectivity index (χ3v) is 8.56. The summed E-state index contributed by atoms with van der Waals surface area (Å²) < 4.78 is 7.71. The van der Waals surface area contributed by atoms with Crippen molar-refractivity contribution in [3.63, 3.8) is 0 Å². The molecule has 2 aromatic carbocycles. The number of aromatic nitrogens is 2. The Morgan fingerprint density at radius 1 is 1.18 bits per heavy atom. The molecule has 0 atom stereocenters. The van der Waals surface area contributed by atoms with Crippen LogP contribution in [0.1, 0.15) is 58.1 Å². The first kappa shape index (κ1) is 27.6. The molecule has 206 valence electrons. The number of carbonyl (C=O) groups is 1. The second-order valence-electron chi connectivity index (χ2n) is 10.8. The first-order chi connectivity index (χ1) is 18.7. The number of carbonyl (C=O) groups excluding carboxylic acids is 1. The molecule has 0 aliphatic carbocycles. The predicted molar refractivity (Wildman–Crippen MR) is 157 cm³/mol. The van der Waals surface area contributed by atoms with Crippen LogP contribution in [0.15, 0.2) is 30.3 Å². The third-order valence-electron chi connectivity index (χ3n) is 7.77. The van der Waals surface area contributed by atoms with Crippen LogP contribution in [-0.4, -0.2) is 47.8 Å². The molecule has 0 unspecified atom stereocenters. The minimum absolute atomic E-state index is 0.168. The van der Waals surface area contributed by atoms with Gasteiger partial charge in [0.25, 0.3) is 0 Å². The number of nitriles is 1. The number of nitrogens with zero attached hydrogens (tertiary/aromatic N) is 4. The topological polar surface area (TPSA) is 95.2 Å². The highest BCUT2D eigenvalue weighted by atomic mass is 35.5. The van der Waals surface area contributed by atoms with E-state index >= 15 is 0 Å². The van der Waals surface area contributed by atoms with Crippen molar-refractivity contribution in [1.82, 2.24) is 9.55 Å². The second-order valence-corrected chi connectivity index (χ2v) is 11.6. The van der Waals surface area contributed by atoms with Crippen LogP contribution in [0.2, 0.25) is 10.0 Å². The van der Waals surface area contributed by atoms with Crippen molar-refractivity contribution in [3.05, 3.63) is 45.9 Å². The number of amides is 1. The summed E-state index contributed by atoms with van der Waals surface area (Å²) in [6.45, 7) is 8.60. The maximum absolute atomic E-state index is 11.9. The summed E-state index contributed by atoms with van der Waals surface area (Å²) in [5.74, 6) is 0.510. The van der Waals surface area contributed by atoms with Crippen LogP contribution < -0.4 is 15.5 Å². The summed E-state index contributed by atoms with van der Waals surface area (Å²) in [6.07, 6.45) is 3.29. The van der Waals surface area contributed by atoms with Crippen LogP contribution in [0.25, 0.3) is 11.0 Å². The maximum atomic E-state index is 11.9. The molecule has 5 rings (SSSR count). The van der Waals surface area contributed by atoms with Gasteiger partial charge in [0.15, 0.2) is 0 Å². The lowest BCUT2D eigenvalue weighted by molar-refractivity contribution is -0.114. The molecule has 2 saturated heterocycles. The van der Waals surface area contributed by atoms with Crippen molar-refractivity contribution in [3.8, 4) is 6.07 Å². The number of nitrogens with one attached hydrogen (secondary N) is 2. The Kier molecular flexibility index (Phi) is 7.95. The zero-order valence-corrected chi connectivity index (χ0v) is 24.1. The van der Waals surface area contributed by atoms with E-state index in [-0.39, 0.29) is 23.0 Å². The lowest BCUT2D eigenvalue weighted by atomic mass is 9.75. The Hall–Kier alpha value is -2.99. The Balaban J connectivity index is 1.40. The van der Waals surface area contributed by atoms with Crippen LogP contribution in [0.4, 0.5) is 17.3 Å². The molecule has 0 spiro atoms. The Morgan fingerprint density at radius 2 is 1.85 bits per heavy atom. The molecule has 0 bridgehead atoms. The predicted octanol–water partition coefficient (Wildman–Crippen LogP) is 6.54. The SMILES string of the molecule is CC(=O)Nc1c(Cl)c(Cl)cc2c1nc(NC(C)C)n2C1CCN(c2ccc(C3(C#N)CCOCC3)cc2)CC1.